The summed E-state index contributed by atoms with van der Waals surface area (Å²) < 4.78 is 0. The van der Waals surface area contributed by atoms with Crippen LogP contribution in [0.3, 0.4) is 0 Å². The van der Waals surface area contributed by atoms with Gasteiger partial charge in [0.1, 0.15) is 11.6 Å². The molecule has 0 aromatic carbocycles. The average molecular weight is 267 g/mol. The van der Waals surface area contributed by atoms with E-state index in [4.69, 9.17) is 0 Å². The number of hydrogen-bond donors (Lipinski definition) is 3. The fourth-order valence-electron chi connectivity index (χ4n) is 1.81. The van der Waals surface area contributed by atoms with Crippen molar-refractivity contribution in [3.63, 3.8) is 0 Å². The number of aromatic nitrogens is 2. The van der Waals surface area contributed by atoms with E-state index in [1.54, 1.807) is 19.3 Å². The Morgan fingerprint density at radius 3 is 2.47 bits per heavy atom. The van der Waals surface area contributed by atoms with Crippen LogP contribution < -0.4 is 10.6 Å². The van der Waals surface area contributed by atoms with Gasteiger partial charge in [-0.3, -0.25) is 4.98 Å². The van der Waals surface area contributed by atoms with E-state index in [0.717, 1.165) is 18.8 Å². The summed E-state index contributed by atoms with van der Waals surface area (Å²) in [5.41, 5.74) is -0.808. The molecule has 6 heteroatoms. The molecule has 3 N–H and O–H groups in total. The van der Waals surface area contributed by atoms with Crippen molar-refractivity contribution < 1.29 is 5.11 Å². The first-order valence-corrected chi connectivity index (χ1v) is 6.60. The summed E-state index contributed by atoms with van der Waals surface area (Å²) in [5.74, 6) is 1.42. The highest BCUT2D eigenvalue weighted by Gasteiger charge is 2.21. The second-order valence-electron chi connectivity index (χ2n) is 5.30. The third-order valence-electron chi connectivity index (χ3n) is 2.50. The summed E-state index contributed by atoms with van der Waals surface area (Å²) in [5, 5.41) is 16.5. The zero-order chi connectivity index (χ0) is 14.3. The first-order valence-electron chi connectivity index (χ1n) is 6.60. The molecule has 0 amide bonds. The molecule has 0 aliphatic heterocycles. The van der Waals surface area contributed by atoms with E-state index in [9.17, 15) is 5.11 Å². The Bertz CT molecular complexity index is 381. The lowest BCUT2D eigenvalue weighted by Crippen LogP contribution is -2.43. The van der Waals surface area contributed by atoms with E-state index in [2.05, 4.69) is 27.5 Å². The molecule has 1 heterocycles. The summed E-state index contributed by atoms with van der Waals surface area (Å²) in [7, 11) is 3.87. The summed E-state index contributed by atoms with van der Waals surface area (Å²) in [6, 6.07) is 0. The minimum atomic E-state index is -0.808. The Kier molecular flexibility index (Phi) is 5.98. The van der Waals surface area contributed by atoms with Gasteiger partial charge in [0.05, 0.1) is 18.0 Å². The number of rotatable bonds is 8. The fraction of sp³-hybridized carbons (Fsp3) is 0.692. The van der Waals surface area contributed by atoms with E-state index in [1.807, 2.05) is 19.0 Å². The normalized spacial score (nSPS) is 14.2. The minimum absolute atomic E-state index is 0.428. The molecule has 108 valence electrons. The Hall–Kier alpha value is -1.40. The van der Waals surface area contributed by atoms with Crippen molar-refractivity contribution in [2.24, 2.45) is 0 Å². The zero-order valence-electron chi connectivity index (χ0n) is 12.3. The van der Waals surface area contributed by atoms with Crippen LogP contribution in [0.25, 0.3) is 0 Å². The number of aliphatic hydroxyl groups is 1. The van der Waals surface area contributed by atoms with Gasteiger partial charge in [-0.25, -0.2) is 4.98 Å². The molecule has 1 atom stereocenters. The molecule has 0 fully saturated rings. The zero-order valence-corrected chi connectivity index (χ0v) is 12.3. The van der Waals surface area contributed by atoms with E-state index >= 15 is 0 Å². The number of nitrogens with one attached hydrogen (secondary N) is 2. The summed E-state index contributed by atoms with van der Waals surface area (Å²) in [6.45, 7) is 5.78. The van der Waals surface area contributed by atoms with Crippen LogP contribution in [0.4, 0.5) is 11.6 Å². The molecule has 19 heavy (non-hydrogen) atoms. The van der Waals surface area contributed by atoms with Crippen LogP contribution in [0.5, 0.6) is 0 Å². The van der Waals surface area contributed by atoms with Gasteiger partial charge in [0.25, 0.3) is 0 Å². The molecule has 6 nitrogen and oxygen atoms in total. The monoisotopic (exact) mass is 267 g/mol. The van der Waals surface area contributed by atoms with Gasteiger partial charge in [0.2, 0.25) is 0 Å². The quantitative estimate of drug-likeness (QED) is 0.653. The van der Waals surface area contributed by atoms with Crippen molar-refractivity contribution in [3.8, 4) is 0 Å². The first kappa shape index (κ1) is 15.7. The van der Waals surface area contributed by atoms with Gasteiger partial charge in [-0.15, -0.1) is 0 Å². The molecule has 0 saturated carbocycles. The highest BCUT2D eigenvalue weighted by atomic mass is 16.3. The van der Waals surface area contributed by atoms with Crippen molar-refractivity contribution in [1.82, 2.24) is 14.9 Å². The summed E-state index contributed by atoms with van der Waals surface area (Å²) in [6.07, 6.45) is 4.39. The van der Waals surface area contributed by atoms with Crippen molar-refractivity contribution in [1.29, 1.82) is 0 Å². The maximum absolute atomic E-state index is 10.2. The predicted molar refractivity (Wildman–Crippen MR) is 78.5 cm³/mol. The molecule has 0 bridgehead atoms. The molecule has 1 rings (SSSR count). The van der Waals surface area contributed by atoms with Crippen LogP contribution in [0.15, 0.2) is 12.4 Å². The average Bonchev–Trinajstić information content (AvgIpc) is 2.33. The molecule has 1 aromatic rings. The smallest absolute Gasteiger partial charge is 0.147 e. The molecular formula is C13H25N5O. The van der Waals surface area contributed by atoms with Crippen molar-refractivity contribution >= 4 is 11.6 Å². The van der Waals surface area contributed by atoms with Crippen LogP contribution in [-0.2, 0) is 0 Å². The Labute approximate surface area is 115 Å². The van der Waals surface area contributed by atoms with Crippen LogP contribution in [0.1, 0.15) is 20.3 Å². The highest BCUT2D eigenvalue weighted by Crippen LogP contribution is 2.10. The van der Waals surface area contributed by atoms with Gasteiger partial charge in [-0.05, 0) is 27.4 Å². The van der Waals surface area contributed by atoms with Crippen LogP contribution in [-0.4, -0.2) is 59.3 Å². The van der Waals surface area contributed by atoms with Gasteiger partial charge >= 0.3 is 0 Å². The number of hydrogen-bond acceptors (Lipinski definition) is 6. The third-order valence-corrected chi connectivity index (χ3v) is 2.50. The van der Waals surface area contributed by atoms with Gasteiger partial charge in [0, 0.05) is 19.6 Å². The minimum Gasteiger partial charge on any atom is -0.387 e. The maximum atomic E-state index is 10.2. The van der Waals surface area contributed by atoms with Gasteiger partial charge in [-0.2, -0.15) is 0 Å². The molecule has 0 radical (unpaired) electrons. The van der Waals surface area contributed by atoms with Gasteiger partial charge in [0.15, 0.2) is 0 Å². The fourth-order valence-corrected chi connectivity index (χ4v) is 1.81. The predicted octanol–water partition coefficient (Wildman–Crippen LogP) is 1.02. The molecule has 1 aromatic heterocycles. The molecular weight excluding hydrogens is 242 g/mol. The first-order chi connectivity index (χ1) is 8.93. The number of likely N-dealkylation sites (N-methyl/N-ethyl adjacent to an activating group) is 1. The Morgan fingerprint density at radius 2 is 1.89 bits per heavy atom. The number of nitrogens with zero attached hydrogens (tertiary/aromatic N) is 3. The SMILES string of the molecule is CCCNc1cncc(NCC(C)(O)CN(C)C)n1. The highest BCUT2D eigenvalue weighted by molar-refractivity contribution is 5.41. The lowest BCUT2D eigenvalue weighted by Gasteiger charge is -2.27. The lowest BCUT2D eigenvalue weighted by molar-refractivity contribution is 0.0459. The maximum Gasteiger partial charge on any atom is 0.147 e. The van der Waals surface area contributed by atoms with Crippen LogP contribution in [0, 0.1) is 0 Å². The van der Waals surface area contributed by atoms with Crippen molar-refractivity contribution in [2.75, 3.05) is 44.4 Å². The van der Waals surface area contributed by atoms with Crippen LogP contribution >= 0.6 is 0 Å². The lowest BCUT2D eigenvalue weighted by atomic mass is 10.1. The van der Waals surface area contributed by atoms with Gasteiger partial charge in [-0.1, -0.05) is 6.92 Å². The van der Waals surface area contributed by atoms with Crippen molar-refractivity contribution in [2.45, 2.75) is 25.9 Å². The third kappa shape index (κ3) is 6.35. The van der Waals surface area contributed by atoms with E-state index in [-0.39, 0.29) is 0 Å². The molecule has 0 aliphatic carbocycles. The molecule has 0 saturated heterocycles. The van der Waals surface area contributed by atoms with Gasteiger partial charge < -0.3 is 20.6 Å². The van der Waals surface area contributed by atoms with E-state index < -0.39 is 5.60 Å². The second kappa shape index (κ2) is 7.25. The molecule has 0 spiro atoms. The summed E-state index contributed by atoms with van der Waals surface area (Å²) in [4.78, 5) is 10.5. The standard InChI is InChI=1S/C13H25N5O/c1-5-6-15-11-7-14-8-12(17-11)16-9-13(2,19)10-18(3)4/h7-8,19H,5-6,9-10H2,1-4H3,(H2,15,16,17). The molecule has 0 aliphatic rings. The Morgan fingerprint density at radius 1 is 1.26 bits per heavy atom. The van der Waals surface area contributed by atoms with Crippen LogP contribution in [0.2, 0.25) is 0 Å². The Balaban J connectivity index is 2.52. The van der Waals surface area contributed by atoms with Crippen molar-refractivity contribution in [3.05, 3.63) is 12.4 Å². The second-order valence-corrected chi connectivity index (χ2v) is 5.30. The summed E-state index contributed by atoms with van der Waals surface area (Å²) >= 11 is 0. The van der Waals surface area contributed by atoms with E-state index in [1.165, 1.54) is 0 Å². The topological polar surface area (TPSA) is 73.3 Å². The van der Waals surface area contributed by atoms with E-state index in [0.29, 0.717) is 18.9 Å². The number of anilines is 2. The molecule has 1 unspecified atom stereocenters. The largest absolute Gasteiger partial charge is 0.387 e.